The Morgan fingerprint density at radius 3 is 2.38 bits per heavy atom. The molecule has 2 aliphatic rings. The maximum Gasteiger partial charge on any atom is 0.0721 e. The van der Waals surface area contributed by atoms with Crippen LogP contribution in [0.3, 0.4) is 0 Å². The van der Waals surface area contributed by atoms with Gasteiger partial charge in [-0.05, 0) is 38.1 Å². The summed E-state index contributed by atoms with van der Waals surface area (Å²) in [6, 6.07) is 0.406. The van der Waals surface area contributed by atoms with E-state index >= 15 is 0 Å². The Labute approximate surface area is 80.7 Å². The second kappa shape index (κ2) is 4.43. The Hall–Kier alpha value is -0.0800. The normalized spacial score (nSPS) is 33.5. The average Bonchev–Trinajstić information content (AvgIpc) is 2.71. The Balaban J connectivity index is 1.83. The van der Waals surface area contributed by atoms with Gasteiger partial charge in [0.1, 0.15) is 0 Å². The quantitative estimate of drug-likeness (QED) is 0.682. The lowest BCUT2D eigenvalue weighted by molar-refractivity contribution is 0.0561. The van der Waals surface area contributed by atoms with Crippen molar-refractivity contribution in [1.82, 2.24) is 5.32 Å². The number of hydrogen-bond donors (Lipinski definition) is 2. The van der Waals surface area contributed by atoms with Crippen LogP contribution in [0.25, 0.3) is 0 Å². The van der Waals surface area contributed by atoms with E-state index in [0.29, 0.717) is 12.0 Å². The molecule has 1 aliphatic heterocycles. The van der Waals surface area contributed by atoms with Gasteiger partial charge in [0.2, 0.25) is 0 Å². The summed E-state index contributed by atoms with van der Waals surface area (Å²) in [6.07, 6.45) is 8.89. The number of aliphatic hydroxyl groups excluding tert-OH is 1. The van der Waals surface area contributed by atoms with Crippen molar-refractivity contribution < 1.29 is 5.11 Å². The van der Waals surface area contributed by atoms with Gasteiger partial charge < -0.3 is 10.4 Å². The van der Waals surface area contributed by atoms with Crippen molar-refractivity contribution >= 4 is 0 Å². The van der Waals surface area contributed by atoms with E-state index < -0.39 is 0 Å². The standard InChI is InChI=1S/C11H21NO/c13-11(10-7-4-8-12-10)9-5-2-1-3-6-9/h9-13H,1-8H2. The first-order valence-electron chi connectivity index (χ1n) is 5.79. The molecule has 2 heteroatoms. The monoisotopic (exact) mass is 183 g/mol. The highest BCUT2D eigenvalue weighted by molar-refractivity contribution is 4.86. The first-order chi connectivity index (χ1) is 6.38. The smallest absolute Gasteiger partial charge is 0.0721 e. The minimum Gasteiger partial charge on any atom is -0.391 e. The minimum absolute atomic E-state index is 0.0669. The van der Waals surface area contributed by atoms with Crippen LogP contribution in [0, 0.1) is 5.92 Å². The lowest BCUT2D eigenvalue weighted by Gasteiger charge is -2.30. The molecular weight excluding hydrogens is 162 g/mol. The van der Waals surface area contributed by atoms with Gasteiger partial charge in [0.15, 0.2) is 0 Å². The van der Waals surface area contributed by atoms with E-state index in [0.717, 1.165) is 6.54 Å². The number of aliphatic hydroxyl groups is 1. The fourth-order valence-corrected chi connectivity index (χ4v) is 2.81. The van der Waals surface area contributed by atoms with Crippen LogP contribution >= 0.6 is 0 Å². The molecule has 1 saturated carbocycles. The van der Waals surface area contributed by atoms with Gasteiger partial charge >= 0.3 is 0 Å². The highest BCUT2D eigenvalue weighted by Gasteiger charge is 2.30. The van der Waals surface area contributed by atoms with Crippen molar-refractivity contribution in [2.45, 2.75) is 57.1 Å². The molecule has 2 N–H and O–H groups in total. The molecule has 0 spiro atoms. The SMILES string of the molecule is OC(C1CCCCC1)C1CCCN1. The summed E-state index contributed by atoms with van der Waals surface area (Å²) in [5.74, 6) is 0.587. The van der Waals surface area contributed by atoms with Gasteiger partial charge in [-0.15, -0.1) is 0 Å². The van der Waals surface area contributed by atoms with Crippen molar-refractivity contribution in [2.75, 3.05) is 6.54 Å². The Morgan fingerprint density at radius 1 is 1.00 bits per heavy atom. The molecule has 1 aliphatic carbocycles. The molecule has 2 rings (SSSR count). The average molecular weight is 183 g/mol. The topological polar surface area (TPSA) is 32.3 Å². The first kappa shape index (κ1) is 9.47. The van der Waals surface area contributed by atoms with Crippen LogP contribution in [-0.2, 0) is 0 Å². The maximum absolute atomic E-state index is 10.1. The zero-order chi connectivity index (χ0) is 9.10. The molecule has 0 amide bonds. The van der Waals surface area contributed by atoms with Crippen molar-refractivity contribution in [1.29, 1.82) is 0 Å². The minimum atomic E-state index is -0.0669. The second-order valence-electron chi connectivity index (χ2n) is 4.59. The Kier molecular flexibility index (Phi) is 3.23. The molecule has 0 radical (unpaired) electrons. The fraction of sp³-hybridized carbons (Fsp3) is 1.00. The highest BCUT2D eigenvalue weighted by Crippen LogP contribution is 2.29. The second-order valence-corrected chi connectivity index (χ2v) is 4.59. The van der Waals surface area contributed by atoms with E-state index in [4.69, 9.17) is 0 Å². The molecule has 76 valence electrons. The third-order valence-corrected chi connectivity index (χ3v) is 3.64. The summed E-state index contributed by atoms with van der Waals surface area (Å²) < 4.78 is 0. The van der Waals surface area contributed by atoms with E-state index in [1.165, 1.54) is 44.9 Å². The first-order valence-corrected chi connectivity index (χ1v) is 5.79. The van der Waals surface area contributed by atoms with Crippen LogP contribution in [0.1, 0.15) is 44.9 Å². The van der Waals surface area contributed by atoms with Gasteiger partial charge in [0.05, 0.1) is 6.10 Å². The molecule has 2 atom stereocenters. The van der Waals surface area contributed by atoms with Gasteiger partial charge in [-0.3, -0.25) is 0 Å². The Morgan fingerprint density at radius 2 is 1.77 bits per heavy atom. The lowest BCUT2D eigenvalue weighted by Crippen LogP contribution is -2.40. The van der Waals surface area contributed by atoms with E-state index in [1.54, 1.807) is 0 Å². The van der Waals surface area contributed by atoms with Crippen molar-refractivity contribution in [2.24, 2.45) is 5.92 Å². The zero-order valence-corrected chi connectivity index (χ0v) is 8.34. The Bertz CT molecular complexity index is 148. The van der Waals surface area contributed by atoms with Crippen molar-refractivity contribution in [3.63, 3.8) is 0 Å². The summed E-state index contributed by atoms with van der Waals surface area (Å²) in [5, 5.41) is 13.5. The number of hydrogen-bond acceptors (Lipinski definition) is 2. The molecule has 0 aromatic heterocycles. The van der Waals surface area contributed by atoms with Gasteiger partial charge in [0, 0.05) is 6.04 Å². The molecule has 2 unspecified atom stereocenters. The van der Waals surface area contributed by atoms with E-state index in [9.17, 15) is 5.11 Å². The molecule has 1 heterocycles. The third kappa shape index (κ3) is 2.23. The van der Waals surface area contributed by atoms with Gasteiger partial charge in [-0.25, -0.2) is 0 Å². The van der Waals surface area contributed by atoms with Crippen LogP contribution in [0.2, 0.25) is 0 Å². The third-order valence-electron chi connectivity index (χ3n) is 3.64. The largest absolute Gasteiger partial charge is 0.391 e. The van der Waals surface area contributed by atoms with E-state index in [-0.39, 0.29) is 6.10 Å². The van der Waals surface area contributed by atoms with Crippen LogP contribution in [-0.4, -0.2) is 23.8 Å². The van der Waals surface area contributed by atoms with Crippen molar-refractivity contribution in [3.8, 4) is 0 Å². The summed E-state index contributed by atoms with van der Waals surface area (Å²) in [7, 11) is 0. The molecule has 2 fully saturated rings. The summed E-state index contributed by atoms with van der Waals surface area (Å²) in [5.41, 5.74) is 0. The van der Waals surface area contributed by atoms with E-state index in [1.807, 2.05) is 0 Å². The molecule has 0 bridgehead atoms. The molecule has 2 nitrogen and oxygen atoms in total. The maximum atomic E-state index is 10.1. The summed E-state index contributed by atoms with van der Waals surface area (Å²) in [6.45, 7) is 1.11. The van der Waals surface area contributed by atoms with Crippen LogP contribution < -0.4 is 5.32 Å². The van der Waals surface area contributed by atoms with Gasteiger partial charge in [-0.2, -0.15) is 0 Å². The zero-order valence-electron chi connectivity index (χ0n) is 8.34. The number of nitrogens with one attached hydrogen (secondary N) is 1. The molecular formula is C11H21NO. The molecule has 13 heavy (non-hydrogen) atoms. The predicted molar refractivity (Wildman–Crippen MR) is 53.6 cm³/mol. The van der Waals surface area contributed by atoms with Crippen molar-refractivity contribution in [3.05, 3.63) is 0 Å². The highest BCUT2D eigenvalue weighted by atomic mass is 16.3. The van der Waals surface area contributed by atoms with Crippen LogP contribution in [0.5, 0.6) is 0 Å². The predicted octanol–water partition coefficient (Wildman–Crippen LogP) is 1.68. The van der Waals surface area contributed by atoms with Crippen LogP contribution in [0.4, 0.5) is 0 Å². The van der Waals surface area contributed by atoms with Gasteiger partial charge in [-0.1, -0.05) is 19.3 Å². The molecule has 1 saturated heterocycles. The van der Waals surface area contributed by atoms with Gasteiger partial charge in [0.25, 0.3) is 0 Å². The summed E-state index contributed by atoms with van der Waals surface area (Å²) >= 11 is 0. The van der Waals surface area contributed by atoms with Crippen LogP contribution in [0.15, 0.2) is 0 Å². The fourth-order valence-electron chi connectivity index (χ4n) is 2.81. The molecule has 0 aromatic rings. The lowest BCUT2D eigenvalue weighted by atomic mass is 9.82. The molecule has 0 aromatic carbocycles. The van der Waals surface area contributed by atoms with E-state index in [2.05, 4.69) is 5.32 Å². The number of rotatable bonds is 2. The summed E-state index contributed by atoms with van der Waals surface area (Å²) in [4.78, 5) is 0.